The van der Waals surface area contributed by atoms with Gasteiger partial charge in [-0.3, -0.25) is 0 Å². The number of aryl methyl sites for hydroxylation is 1. The summed E-state index contributed by atoms with van der Waals surface area (Å²) in [6.45, 7) is 2.40. The fourth-order valence-electron chi connectivity index (χ4n) is 2.45. The predicted octanol–water partition coefficient (Wildman–Crippen LogP) is 2.69. The highest BCUT2D eigenvalue weighted by molar-refractivity contribution is 5.63. The van der Waals surface area contributed by atoms with Gasteiger partial charge in [0.15, 0.2) is 0 Å². The van der Waals surface area contributed by atoms with Crippen molar-refractivity contribution in [3.8, 4) is 11.3 Å². The van der Waals surface area contributed by atoms with E-state index in [1.807, 2.05) is 24.1 Å². The molecular formula is C14H17N3. The van der Waals surface area contributed by atoms with Crippen molar-refractivity contribution in [1.29, 1.82) is 0 Å². The molecule has 0 amide bonds. The van der Waals surface area contributed by atoms with Crippen LogP contribution in [0.25, 0.3) is 11.3 Å². The quantitative estimate of drug-likeness (QED) is 0.786. The van der Waals surface area contributed by atoms with Crippen LogP contribution in [0.4, 0.5) is 5.69 Å². The first-order valence-electron chi connectivity index (χ1n) is 6.16. The minimum atomic E-state index is 1.16. The monoisotopic (exact) mass is 227 g/mol. The van der Waals surface area contributed by atoms with Gasteiger partial charge in [-0.15, -0.1) is 0 Å². The van der Waals surface area contributed by atoms with E-state index in [0.29, 0.717) is 0 Å². The largest absolute Gasteiger partial charge is 0.372 e. The molecule has 3 nitrogen and oxygen atoms in total. The second-order valence-corrected chi connectivity index (χ2v) is 4.63. The minimum absolute atomic E-state index is 1.16. The van der Waals surface area contributed by atoms with Crippen LogP contribution in [-0.2, 0) is 7.05 Å². The van der Waals surface area contributed by atoms with Crippen LogP contribution in [0.1, 0.15) is 12.8 Å². The highest BCUT2D eigenvalue weighted by atomic mass is 15.1. The number of imidazole rings is 1. The summed E-state index contributed by atoms with van der Waals surface area (Å²) < 4.78 is 2.05. The molecule has 0 aliphatic carbocycles. The number of anilines is 1. The van der Waals surface area contributed by atoms with Crippen molar-refractivity contribution in [1.82, 2.24) is 9.55 Å². The molecule has 0 bridgehead atoms. The number of aromatic nitrogens is 2. The van der Waals surface area contributed by atoms with Gasteiger partial charge in [-0.25, -0.2) is 4.98 Å². The fourth-order valence-corrected chi connectivity index (χ4v) is 2.45. The van der Waals surface area contributed by atoms with Crippen molar-refractivity contribution in [2.75, 3.05) is 18.0 Å². The molecule has 1 aliphatic heterocycles. The van der Waals surface area contributed by atoms with E-state index in [1.54, 1.807) is 0 Å². The average molecular weight is 227 g/mol. The molecule has 0 atom stereocenters. The highest BCUT2D eigenvalue weighted by Gasteiger charge is 2.12. The van der Waals surface area contributed by atoms with E-state index < -0.39 is 0 Å². The van der Waals surface area contributed by atoms with Gasteiger partial charge in [-0.05, 0) is 30.5 Å². The molecule has 0 radical (unpaired) electrons. The number of hydrogen-bond donors (Lipinski definition) is 0. The summed E-state index contributed by atoms with van der Waals surface area (Å²) in [5.74, 6) is 0. The molecule has 0 saturated carbocycles. The fraction of sp³-hybridized carbons (Fsp3) is 0.357. The summed E-state index contributed by atoms with van der Waals surface area (Å²) in [5.41, 5.74) is 3.74. The summed E-state index contributed by atoms with van der Waals surface area (Å²) in [7, 11) is 2.02. The van der Waals surface area contributed by atoms with E-state index in [9.17, 15) is 0 Å². The third kappa shape index (κ3) is 1.93. The zero-order valence-corrected chi connectivity index (χ0v) is 10.1. The Morgan fingerprint density at radius 3 is 2.35 bits per heavy atom. The van der Waals surface area contributed by atoms with Crippen molar-refractivity contribution >= 4 is 5.69 Å². The van der Waals surface area contributed by atoms with Crippen molar-refractivity contribution < 1.29 is 0 Å². The van der Waals surface area contributed by atoms with Gasteiger partial charge in [-0.2, -0.15) is 0 Å². The maximum absolute atomic E-state index is 4.15. The van der Waals surface area contributed by atoms with Gasteiger partial charge < -0.3 is 9.47 Å². The molecule has 3 heteroatoms. The van der Waals surface area contributed by atoms with Gasteiger partial charge in [0, 0.05) is 25.8 Å². The van der Waals surface area contributed by atoms with Crippen LogP contribution in [0.15, 0.2) is 36.8 Å². The summed E-state index contributed by atoms with van der Waals surface area (Å²) in [4.78, 5) is 6.60. The Labute approximate surface area is 102 Å². The molecule has 2 heterocycles. The van der Waals surface area contributed by atoms with E-state index in [-0.39, 0.29) is 0 Å². The number of hydrogen-bond acceptors (Lipinski definition) is 2. The predicted molar refractivity (Wildman–Crippen MR) is 70.1 cm³/mol. The Kier molecular flexibility index (Phi) is 2.59. The Hall–Kier alpha value is -1.77. The van der Waals surface area contributed by atoms with Gasteiger partial charge in [0.05, 0.1) is 18.2 Å². The lowest BCUT2D eigenvalue weighted by Gasteiger charge is -2.17. The lowest BCUT2D eigenvalue weighted by atomic mass is 10.1. The Bertz CT molecular complexity index is 492. The third-order valence-electron chi connectivity index (χ3n) is 3.45. The second kappa shape index (κ2) is 4.24. The van der Waals surface area contributed by atoms with E-state index in [0.717, 1.165) is 5.69 Å². The van der Waals surface area contributed by atoms with Gasteiger partial charge in [-0.1, -0.05) is 12.1 Å². The van der Waals surface area contributed by atoms with E-state index >= 15 is 0 Å². The Balaban J connectivity index is 1.87. The molecule has 1 aromatic carbocycles. The molecule has 0 N–H and O–H groups in total. The highest BCUT2D eigenvalue weighted by Crippen LogP contribution is 2.24. The minimum Gasteiger partial charge on any atom is -0.372 e. The zero-order chi connectivity index (χ0) is 11.7. The van der Waals surface area contributed by atoms with Crippen LogP contribution in [0.3, 0.4) is 0 Å². The Morgan fingerprint density at radius 2 is 1.76 bits per heavy atom. The second-order valence-electron chi connectivity index (χ2n) is 4.63. The van der Waals surface area contributed by atoms with E-state index in [2.05, 4.69) is 34.1 Å². The normalized spacial score (nSPS) is 15.5. The number of benzene rings is 1. The summed E-state index contributed by atoms with van der Waals surface area (Å²) in [5, 5.41) is 0. The van der Waals surface area contributed by atoms with Crippen LogP contribution in [-0.4, -0.2) is 22.6 Å². The van der Waals surface area contributed by atoms with Gasteiger partial charge in [0.25, 0.3) is 0 Å². The lowest BCUT2D eigenvalue weighted by molar-refractivity contribution is 0.921. The topological polar surface area (TPSA) is 21.1 Å². The standard InChI is InChI=1S/C14H17N3/c1-16-11-15-10-14(16)12-4-6-13(7-5-12)17-8-2-3-9-17/h4-7,10-11H,2-3,8-9H2,1H3. The Morgan fingerprint density at radius 1 is 1.06 bits per heavy atom. The van der Waals surface area contributed by atoms with Gasteiger partial charge in [0.1, 0.15) is 0 Å². The molecule has 1 aliphatic rings. The van der Waals surface area contributed by atoms with Gasteiger partial charge in [0.2, 0.25) is 0 Å². The zero-order valence-electron chi connectivity index (χ0n) is 10.1. The van der Waals surface area contributed by atoms with Crippen LogP contribution in [0.2, 0.25) is 0 Å². The maximum Gasteiger partial charge on any atom is 0.0948 e. The van der Waals surface area contributed by atoms with Crippen LogP contribution in [0, 0.1) is 0 Å². The summed E-state index contributed by atoms with van der Waals surface area (Å²) in [6.07, 6.45) is 6.39. The third-order valence-corrected chi connectivity index (χ3v) is 3.45. The molecule has 1 fully saturated rings. The first-order chi connectivity index (χ1) is 8.34. The van der Waals surface area contributed by atoms with Crippen molar-refractivity contribution in [3.05, 3.63) is 36.8 Å². The first-order valence-corrected chi connectivity index (χ1v) is 6.16. The van der Waals surface area contributed by atoms with Crippen LogP contribution in [0.5, 0.6) is 0 Å². The summed E-state index contributed by atoms with van der Waals surface area (Å²) >= 11 is 0. The van der Waals surface area contributed by atoms with Crippen LogP contribution < -0.4 is 4.90 Å². The molecule has 3 rings (SSSR count). The van der Waals surface area contributed by atoms with E-state index in [4.69, 9.17) is 0 Å². The molecule has 88 valence electrons. The first kappa shape index (κ1) is 10.4. The van der Waals surface area contributed by atoms with Crippen molar-refractivity contribution in [2.24, 2.45) is 7.05 Å². The maximum atomic E-state index is 4.15. The lowest BCUT2D eigenvalue weighted by Crippen LogP contribution is -2.17. The van der Waals surface area contributed by atoms with Gasteiger partial charge >= 0.3 is 0 Å². The molecule has 1 aromatic heterocycles. The summed E-state index contributed by atoms with van der Waals surface area (Å²) in [6, 6.07) is 8.80. The molecular weight excluding hydrogens is 210 g/mol. The molecule has 17 heavy (non-hydrogen) atoms. The molecule has 0 unspecified atom stereocenters. The average Bonchev–Trinajstić information content (AvgIpc) is 3.00. The SMILES string of the molecule is Cn1cncc1-c1ccc(N2CCCC2)cc1. The number of nitrogens with zero attached hydrogens (tertiary/aromatic N) is 3. The van der Waals surface area contributed by atoms with E-state index in [1.165, 1.54) is 37.2 Å². The molecule has 0 spiro atoms. The van der Waals surface area contributed by atoms with Crippen molar-refractivity contribution in [2.45, 2.75) is 12.8 Å². The smallest absolute Gasteiger partial charge is 0.0948 e. The van der Waals surface area contributed by atoms with Crippen molar-refractivity contribution in [3.63, 3.8) is 0 Å². The number of rotatable bonds is 2. The molecule has 1 saturated heterocycles. The molecule has 2 aromatic rings. The van der Waals surface area contributed by atoms with Crippen LogP contribution >= 0.6 is 0 Å².